The van der Waals surface area contributed by atoms with E-state index in [1.165, 1.54) is 0 Å². The molecule has 346 valence electrons. The molecule has 69 heavy (non-hydrogen) atoms. The van der Waals surface area contributed by atoms with E-state index >= 15 is 0 Å². The maximum atomic E-state index is 12.7. The third kappa shape index (κ3) is 11.5. The lowest BCUT2D eigenvalue weighted by Crippen LogP contribution is -2.45. The monoisotopic (exact) mass is 991 g/mol. The summed E-state index contributed by atoms with van der Waals surface area (Å²) in [6.45, 7) is 3.11. The molecule has 8 aromatic rings. The Morgan fingerprint density at radius 2 is 0.971 bits per heavy atom. The Balaban J connectivity index is 0.000000172. The summed E-state index contributed by atoms with van der Waals surface area (Å²) in [4.78, 5) is 48.0. The van der Waals surface area contributed by atoms with Crippen molar-refractivity contribution >= 4 is 103 Å². The summed E-state index contributed by atoms with van der Waals surface area (Å²) in [5, 5.41) is 12.9. The van der Waals surface area contributed by atoms with E-state index in [1.807, 2.05) is 91.0 Å². The number of halogens is 4. The summed E-state index contributed by atoms with van der Waals surface area (Å²) in [6.07, 6.45) is 6.43. The SMILES string of the molecule is O=C(NC1CCN(c2ncnc3cc(C#Cc4ccccc4)ccc23)CC1)c1cccc(Cl)c1Cl.O=C(NC1CCN(c2ncnc3cc(Nc4ccccc4)ccc23)CC1)c1cccc(Cl)c1Cl. The number of hydrogen-bond acceptors (Lipinski definition) is 9. The summed E-state index contributed by atoms with van der Waals surface area (Å²) < 4.78 is 0. The van der Waals surface area contributed by atoms with E-state index in [1.54, 1.807) is 49.1 Å². The van der Waals surface area contributed by atoms with Gasteiger partial charge in [-0.1, -0.05) is 107 Å². The van der Waals surface area contributed by atoms with Crippen LogP contribution in [0.1, 0.15) is 57.5 Å². The lowest BCUT2D eigenvalue weighted by atomic mass is 10.0. The number of anilines is 4. The summed E-state index contributed by atoms with van der Waals surface area (Å²) in [5.74, 6) is 7.82. The molecule has 0 saturated carbocycles. The van der Waals surface area contributed by atoms with Crippen molar-refractivity contribution in [3.63, 3.8) is 0 Å². The molecule has 15 heteroatoms. The van der Waals surface area contributed by atoms with E-state index < -0.39 is 0 Å². The number of nitrogens with zero attached hydrogens (tertiary/aromatic N) is 6. The Bertz CT molecular complexity index is 3190. The molecule has 0 spiro atoms. The summed E-state index contributed by atoms with van der Waals surface area (Å²) in [7, 11) is 0. The lowest BCUT2D eigenvalue weighted by Gasteiger charge is -2.33. The highest BCUT2D eigenvalue weighted by molar-refractivity contribution is 6.44. The molecule has 4 heterocycles. The van der Waals surface area contributed by atoms with Crippen molar-refractivity contribution in [1.29, 1.82) is 0 Å². The van der Waals surface area contributed by atoms with Gasteiger partial charge in [-0.2, -0.15) is 0 Å². The Morgan fingerprint density at radius 1 is 0.493 bits per heavy atom. The third-order valence-electron chi connectivity index (χ3n) is 12.1. The first kappa shape index (κ1) is 47.1. The van der Waals surface area contributed by atoms with Crippen molar-refractivity contribution in [2.75, 3.05) is 41.3 Å². The second-order valence-corrected chi connectivity index (χ2v) is 18.2. The fraction of sp³-hybridized carbons (Fsp3) is 0.185. The minimum absolute atomic E-state index is 0.0572. The predicted molar refractivity (Wildman–Crippen MR) is 280 cm³/mol. The summed E-state index contributed by atoms with van der Waals surface area (Å²) in [5.41, 5.74) is 6.44. The second kappa shape index (κ2) is 22.0. The van der Waals surface area contributed by atoms with Crippen LogP contribution in [0.25, 0.3) is 21.8 Å². The highest BCUT2D eigenvalue weighted by Gasteiger charge is 2.26. The van der Waals surface area contributed by atoms with Gasteiger partial charge in [0.25, 0.3) is 11.8 Å². The van der Waals surface area contributed by atoms with Gasteiger partial charge in [-0.25, -0.2) is 19.9 Å². The van der Waals surface area contributed by atoms with Crippen molar-refractivity contribution in [2.45, 2.75) is 37.8 Å². The van der Waals surface area contributed by atoms with Crippen molar-refractivity contribution in [3.05, 3.63) is 188 Å². The van der Waals surface area contributed by atoms with Crippen LogP contribution in [0.3, 0.4) is 0 Å². The van der Waals surface area contributed by atoms with E-state index in [2.05, 4.69) is 63.6 Å². The number of nitrogens with one attached hydrogen (secondary N) is 3. The molecule has 0 aliphatic carbocycles. The van der Waals surface area contributed by atoms with Gasteiger partial charge in [0.15, 0.2) is 0 Å². The van der Waals surface area contributed by atoms with Crippen LogP contribution in [-0.4, -0.2) is 70.0 Å². The number of para-hydroxylation sites is 1. The van der Waals surface area contributed by atoms with Crippen molar-refractivity contribution in [3.8, 4) is 11.8 Å². The number of amides is 2. The fourth-order valence-corrected chi connectivity index (χ4v) is 9.23. The first-order valence-corrected chi connectivity index (χ1v) is 24.1. The fourth-order valence-electron chi connectivity index (χ4n) is 8.46. The summed E-state index contributed by atoms with van der Waals surface area (Å²) >= 11 is 24.5. The smallest absolute Gasteiger partial charge is 0.253 e. The van der Waals surface area contributed by atoms with Crippen molar-refractivity contribution < 1.29 is 9.59 Å². The third-order valence-corrected chi connectivity index (χ3v) is 13.7. The lowest BCUT2D eigenvalue weighted by molar-refractivity contribution is 0.0922. The number of carbonyl (C=O) groups excluding carboxylic acids is 2. The number of carbonyl (C=O) groups is 2. The highest BCUT2D eigenvalue weighted by Crippen LogP contribution is 2.31. The minimum atomic E-state index is -0.201. The van der Waals surface area contributed by atoms with Crippen molar-refractivity contribution in [1.82, 2.24) is 30.6 Å². The Labute approximate surface area is 420 Å². The maximum absolute atomic E-state index is 12.7. The molecular formula is C54H45Cl4N9O2. The Hall–Kier alpha value is -6.94. The first-order chi connectivity index (χ1) is 33.7. The van der Waals surface area contributed by atoms with Gasteiger partial charge in [0, 0.05) is 71.5 Å². The number of fused-ring (bicyclic) bond motifs is 2. The van der Waals surface area contributed by atoms with E-state index in [9.17, 15) is 9.59 Å². The van der Waals surface area contributed by atoms with Gasteiger partial charge >= 0.3 is 0 Å². The molecule has 10 rings (SSSR count). The number of aromatic nitrogens is 4. The highest BCUT2D eigenvalue weighted by atomic mass is 35.5. The molecule has 3 N–H and O–H groups in total. The van der Waals surface area contributed by atoms with Gasteiger partial charge in [-0.3, -0.25) is 9.59 Å². The molecule has 2 aliphatic rings. The van der Waals surface area contributed by atoms with E-state index in [0.29, 0.717) is 21.2 Å². The van der Waals surface area contributed by atoms with E-state index in [0.717, 1.165) is 108 Å². The molecule has 2 aromatic heterocycles. The summed E-state index contributed by atoms with van der Waals surface area (Å²) in [6, 6.07) is 42.4. The average Bonchev–Trinajstić information content (AvgIpc) is 3.38. The van der Waals surface area contributed by atoms with Gasteiger partial charge in [0.05, 0.1) is 42.3 Å². The van der Waals surface area contributed by atoms with Crippen LogP contribution in [0.4, 0.5) is 23.0 Å². The molecule has 6 aromatic carbocycles. The topological polar surface area (TPSA) is 128 Å². The second-order valence-electron chi connectivity index (χ2n) is 16.6. The van der Waals surface area contributed by atoms with Crippen LogP contribution < -0.4 is 25.8 Å². The van der Waals surface area contributed by atoms with Crippen LogP contribution >= 0.6 is 46.4 Å². The van der Waals surface area contributed by atoms with Crippen LogP contribution in [0.15, 0.2) is 146 Å². The molecule has 2 fully saturated rings. The number of benzene rings is 6. The predicted octanol–water partition coefficient (Wildman–Crippen LogP) is 11.8. The number of rotatable bonds is 8. The molecule has 0 bridgehead atoms. The van der Waals surface area contributed by atoms with Crippen molar-refractivity contribution in [2.24, 2.45) is 0 Å². The van der Waals surface area contributed by atoms with Crippen LogP contribution in [-0.2, 0) is 0 Å². The molecule has 0 unspecified atom stereocenters. The zero-order chi connectivity index (χ0) is 47.7. The van der Waals surface area contributed by atoms with Crippen LogP contribution in [0.5, 0.6) is 0 Å². The van der Waals surface area contributed by atoms with Crippen LogP contribution in [0, 0.1) is 11.8 Å². The normalized spacial score (nSPS) is 14.0. The molecule has 2 amide bonds. The molecule has 2 saturated heterocycles. The zero-order valence-corrected chi connectivity index (χ0v) is 40.2. The van der Waals surface area contributed by atoms with Gasteiger partial charge in [-0.15, -0.1) is 0 Å². The first-order valence-electron chi connectivity index (χ1n) is 22.5. The molecule has 2 aliphatic heterocycles. The largest absolute Gasteiger partial charge is 0.356 e. The van der Waals surface area contributed by atoms with Gasteiger partial charge < -0.3 is 25.8 Å². The standard InChI is InChI=1S/C28H22Cl2N4O.C26H23Cl2N5O/c29-24-8-4-7-23(26(24)30)28(35)33-21-13-15-34(16-14-21)27-22-12-11-20(17-25(22)31-18-32-27)10-9-19-5-2-1-3-6-19;27-22-8-4-7-21(24(22)28)26(34)32-18-11-13-33(14-12-18)25-20-10-9-19(15-23(20)29-16-30-25)31-17-5-2-1-3-6-17/h1-8,11-12,17-18,21H,13-16H2,(H,33,35);1-10,15-16,18,31H,11-14H2,(H,32,34). The van der Waals surface area contributed by atoms with E-state index in [4.69, 9.17) is 46.4 Å². The number of piperidine rings is 2. The van der Waals surface area contributed by atoms with Gasteiger partial charge in [0.1, 0.15) is 24.3 Å². The minimum Gasteiger partial charge on any atom is -0.356 e. The number of hydrogen-bond donors (Lipinski definition) is 3. The maximum Gasteiger partial charge on any atom is 0.253 e. The average molecular weight is 994 g/mol. The van der Waals surface area contributed by atoms with Gasteiger partial charge in [0.2, 0.25) is 0 Å². The Morgan fingerprint density at radius 3 is 1.51 bits per heavy atom. The quantitative estimate of drug-likeness (QED) is 0.127. The zero-order valence-electron chi connectivity index (χ0n) is 37.2. The molecule has 0 radical (unpaired) electrons. The van der Waals surface area contributed by atoms with Gasteiger partial charge in [-0.05, 0) is 111 Å². The Kier molecular flexibility index (Phi) is 15.0. The molecule has 0 atom stereocenters. The molecule has 11 nitrogen and oxygen atoms in total. The molecular weight excluding hydrogens is 948 g/mol. The van der Waals surface area contributed by atoms with Crippen LogP contribution in [0.2, 0.25) is 20.1 Å². The van der Waals surface area contributed by atoms with E-state index in [-0.39, 0.29) is 33.9 Å².